The van der Waals surface area contributed by atoms with Crippen LogP contribution >= 0.6 is 11.8 Å². The number of nitrogens with zero attached hydrogens (tertiary/aromatic N) is 2. The Balaban J connectivity index is 1.82. The number of Topliss-reactive ketones (excluding diaryl/α,β-unsaturated/α-hetero) is 1. The van der Waals surface area contributed by atoms with E-state index in [9.17, 15) is 9.59 Å². The summed E-state index contributed by atoms with van der Waals surface area (Å²) < 4.78 is 4.78. The number of aromatic nitrogens is 3. The minimum atomic E-state index is -0.454. The summed E-state index contributed by atoms with van der Waals surface area (Å²) in [6.45, 7) is 3.48. The van der Waals surface area contributed by atoms with Crippen LogP contribution in [-0.4, -0.2) is 46.6 Å². The van der Waals surface area contributed by atoms with Gasteiger partial charge in [0.2, 0.25) is 0 Å². The van der Waals surface area contributed by atoms with Crippen LogP contribution in [0.15, 0.2) is 29.4 Å². The number of thioether (sulfide) groups is 1. The first kappa shape index (κ1) is 18.9. The molecule has 0 amide bonds. The van der Waals surface area contributed by atoms with E-state index in [1.807, 2.05) is 24.3 Å². The van der Waals surface area contributed by atoms with Crippen LogP contribution in [0, 0.1) is 13.8 Å². The summed E-state index contributed by atoms with van der Waals surface area (Å²) in [5, 5.41) is 4.50. The third-order valence-corrected chi connectivity index (χ3v) is 5.11. The van der Waals surface area contributed by atoms with Crippen LogP contribution in [0.4, 0.5) is 5.82 Å². The molecule has 0 saturated heterocycles. The van der Waals surface area contributed by atoms with E-state index in [4.69, 9.17) is 4.74 Å². The van der Waals surface area contributed by atoms with E-state index in [0.29, 0.717) is 27.7 Å². The minimum absolute atomic E-state index is 0.126. The molecule has 0 saturated carbocycles. The normalized spacial score (nSPS) is 10.8. The molecule has 8 heteroatoms. The summed E-state index contributed by atoms with van der Waals surface area (Å²) in [4.78, 5) is 36.5. The highest BCUT2D eigenvalue weighted by Crippen LogP contribution is 2.25. The van der Waals surface area contributed by atoms with Gasteiger partial charge in [0.1, 0.15) is 5.82 Å². The molecule has 0 unspecified atom stereocenters. The second kappa shape index (κ2) is 7.79. The van der Waals surface area contributed by atoms with E-state index in [1.165, 1.54) is 18.9 Å². The van der Waals surface area contributed by atoms with Crippen molar-refractivity contribution < 1.29 is 14.3 Å². The predicted octanol–water partition coefficient (Wildman–Crippen LogP) is 3.38. The average Bonchev–Trinajstić information content (AvgIpc) is 2.99. The number of benzene rings is 1. The Morgan fingerprint density at radius 2 is 1.96 bits per heavy atom. The van der Waals surface area contributed by atoms with Gasteiger partial charge in [-0.2, -0.15) is 0 Å². The Hall–Kier alpha value is -2.87. The lowest BCUT2D eigenvalue weighted by molar-refractivity contribution is 0.0599. The molecule has 0 fully saturated rings. The number of aromatic amines is 1. The number of esters is 1. The highest BCUT2D eigenvalue weighted by Gasteiger charge is 2.22. The third kappa shape index (κ3) is 3.66. The van der Waals surface area contributed by atoms with Gasteiger partial charge in [0.05, 0.1) is 29.6 Å². The number of hydrogen-bond acceptors (Lipinski definition) is 7. The number of rotatable bonds is 6. The van der Waals surface area contributed by atoms with E-state index in [0.717, 1.165) is 16.7 Å². The quantitative estimate of drug-likeness (QED) is 0.291. The molecule has 2 N–H and O–H groups in total. The maximum Gasteiger partial charge on any atom is 0.339 e. The van der Waals surface area contributed by atoms with Crippen molar-refractivity contribution in [2.24, 2.45) is 0 Å². The van der Waals surface area contributed by atoms with Gasteiger partial charge in [0.15, 0.2) is 10.9 Å². The SMILES string of the molecule is CNc1nc(SCC(=O)c2[nH]c(C)c(C(=O)OC)c2C)nc2ccccc12. The molecule has 0 bridgehead atoms. The summed E-state index contributed by atoms with van der Waals surface area (Å²) in [6.07, 6.45) is 0. The first-order valence-corrected chi connectivity index (χ1v) is 9.32. The Morgan fingerprint density at radius 3 is 2.67 bits per heavy atom. The van der Waals surface area contributed by atoms with E-state index in [1.54, 1.807) is 20.9 Å². The molecule has 0 aliphatic rings. The van der Waals surface area contributed by atoms with Crippen LogP contribution in [0.1, 0.15) is 32.1 Å². The number of ketones is 1. The smallest absolute Gasteiger partial charge is 0.339 e. The van der Waals surface area contributed by atoms with Gasteiger partial charge < -0.3 is 15.0 Å². The van der Waals surface area contributed by atoms with E-state index < -0.39 is 5.97 Å². The highest BCUT2D eigenvalue weighted by molar-refractivity contribution is 7.99. The number of para-hydroxylation sites is 1. The van der Waals surface area contributed by atoms with Crippen molar-refractivity contribution >= 4 is 40.2 Å². The fraction of sp³-hybridized carbons (Fsp3) is 0.263. The number of ether oxygens (including phenoxy) is 1. The zero-order valence-corrected chi connectivity index (χ0v) is 16.4. The molecule has 3 rings (SSSR count). The summed E-state index contributed by atoms with van der Waals surface area (Å²) in [5.41, 5.74) is 2.85. The Morgan fingerprint density at radius 1 is 1.22 bits per heavy atom. The Bertz CT molecular complexity index is 1030. The summed E-state index contributed by atoms with van der Waals surface area (Å²) in [7, 11) is 3.12. The minimum Gasteiger partial charge on any atom is -0.465 e. The largest absolute Gasteiger partial charge is 0.465 e. The average molecular weight is 384 g/mol. The van der Waals surface area contributed by atoms with Gasteiger partial charge in [-0.05, 0) is 31.5 Å². The number of H-pyrrole nitrogens is 1. The number of hydrogen-bond donors (Lipinski definition) is 2. The van der Waals surface area contributed by atoms with Gasteiger partial charge >= 0.3 is 5.97 Å². The van der Waals surface area contributed by atoms with Crippen LogP contribution in [0.25, 0.3) is 10.9 Å². The highest BCUT2D eigenvalue weighted by atomic mass is 32.2. The first-order chi connectivity index (χ1) is 13.0. The standard InChI is InChI=1S/C19H20N4O3S/c1-10-15(18(25)26-4)11(2)21-16(10)14(24)9-27-19-22-13-8-6-5-7-12(13)17(20-3)23-19/h5-8,21H,9H2,1-4H3,(H,20,22,23). The molecule has 0 atom stereocenters. The van der Waals surface area contributed by atoms with Crippen molar-refractivity contribution in [3.05, 3.63) is 46.8 Å². The number of carbonyl (C=O) groups excluding carboxylic acids is 2. The summed E-state index contributed by atoms with van der Waals surface area (Å²) >= 11 is 1.26. The molecular weight excluding hydrogens is 364 g/mol. The zero-order chi connectivity index (χ0) is 19.6. The third-order valence-electron chi connectivity index (χ3n) is 4.26. The number of fused-ring (bicyclic) bond motifs is 1. The van der Waals surface area contributed by atoms with Crippen molar-refractivity contribution in [1.29, 1.82) is 0 Å². The number of methoxy groups -OCH3 is 1. The van der Waals surface area contributed by atoms with Crippen LogP contribution in [0.2, 0.25) is 0 Å². The molecule has 2 aromatic heterocycles. The number of anilines is 1. The van der Waals surface area contributed by atoms with E-state index in [2.05, 4.69) is 20.3 Å². The predicted molar refractivity (Wildman–Crippen MR) is 106 cm³/mol. The Kier molecular flexibility index (Phi) is 5.46. The van der Waals surface area contributed by atoms with Crippen LogP contribution in [0.5, 0.6) is 0 Å². The lowest BCUT2D eigenvalue weighted by atomic mass is 10.1. The molecule has 0 aliphatic carbocycles. The monoisotopic (exact) mass is 384 g/mol. The van der Waals surface area contributed by atoms with Gasteiger partial charge in [-0.1, -0.05) is 23.9 Å². The molecule has 0 radical (unpaired) electrons. The molecule has 27 heavy (non-hydrogen) atoms. The molecule has 2 heterocycles. The lowest BCUT2D eigenvalue weighted by Gasteiger charge is -2.07. The number of carbonyl (C=O) groups is 2. The molecular formula is C19H20N4O3S. The zero-order valence-electron chi connectivity index (χ0n) is 15.5. The van der Waals surface area contributed by atoms with Gasteiger partial charge in [-0.25, -0.2) is 14.8 Å². The second-order valence-electron chi connectivity index (χ2n) is 5.95. The van der Waals surface area contributed by atoms with Crippen molar-refractivity contribution in [2.75, 3.05) is 25.2 Å². The van der Waals surface area contributed by atoms with Gasteiger partial charge in [0.25, 0.3) is 0 Å². The number of nitrogens with one attached hydrogen (secondary N) is 2. The maximum atomic E-state index is 12.7. The van der Waals surface area contributed by atoms with Crippen molar-refractivity contribution in [1.82, 2.24) is 15.0 Å². The molecule has 7 nitrogen and oxygen atoms in total. The topological polar surface area (TPSA) is 97.0 Å². The van der Waals surface area contributed by atoms with Crippen molar-refractivity contribution in [3.63, 3.8) is 0 Å². The van der Waals surface area contributed by atoms with Crippen LogP contribution in [0.3, 0.4) is 0 Å². The van der Waals surface area contributed by atoms with Gasteiger partial charge in [0, 0.05) is 18.1 Å². The van der Waals surface area contributed by atoms with Crippen molar-refractivity contribution in [2.45, 2.75) is 19.0 Å². The molecule has 1 aromatic carbocycles. The maximum absolute atomic E-state index is 12.7. The van der Waals surface area contributed by atoms with Crippen LogP contribution < -0.4 is 5.32 Å². The fourth-order valence-corrected chi connectivity index (χ4v) is 3.67. The first-order valence-electron chi connectivity index (χ1n) is 8.34. The van der Waals surface area contributed by atoms with E-state index >= 15 is 0 Å². The molecule has 3 aromatic rings. The second-order valence-corrected chi connectivity index (χ2v) is 6.89. The summed E-state index contributed by atoms with van der Waals surface area (Å²) in [6, 6.07) is 7.69. The summed E-state index contributed by atoms with van der Waals surface area (Å²) in [5.74, 6) is 0.293. The van der Waals surface area contributed by atoms with Crippen molar-refractivity contribution in [3.8, 4) is 0 Å². The Labute approximate surface area is 160 Å². The number of aryl methyl sites for hydroxylation is 1. The molecule has 0 spiro atoms. The van der Waals surface area contributed by atoms with E-state index in [-0.39, 0.29) is 11.5 Å². The van der Waals surface area contributed by atoms with Crippen LogP contribution in [-0.2, 0) is 4.74 Å². The molecule has 140 valence electrons. The lowest BCUT2D eigenvalue weighted by Crippen LogP contribution is -2.07. The van der Waals surface area contributed by atoms with Gasteiger partial charge in [-0.15, -0.1) is 0 Å². The van der Waals surface area contributed by atoms with Gasteiger partial charge in [-0.3, -0.25) is 4.79 Å². The molecule has 0 aliphatic heterocycles. The fourth-order valence-electron chi connectivity index (χ4n) is 2.95.